The van der Waals surface area contributed by atoms with Crippen LogP contribution in [0.3, 0.4) is 0 Å². The van der Waals surface area contributed by atoms with Crippen molar-refractivity contribution in [1.82, 2.24) is 9.88 Å². The Morgan fingerprint density at radius 3 is 3.07 bits per heavy atom. The minimum absolute atomic E-state index is 0.168. The molecule has 1 fully saturated rings. The van der Waals surface area contributed by atoms with E-state index in [1.807, 2.05) is 24.1 Å². The predicted octanol–water partition coefficient (Wildman–Crippen LogP) is 0.425. The number of hydrogen-bond donors (Lipinski definition) is 2. The Kier molecular flexibility index (Phi) is 2.77. The Bertz CT molecular complexity index is 358. The van der Waals surface area contributed by atoms with Gasteiger partial charge < -0.3 is 15.6 Å². The summed E-state index contributed by atoms with van der Waals surface area (Å²) in [6.07, 6.45) is 3.30. The van der Waals surface area contributed by atoms with E-state index < -0.39 is 0 Å². The summed E-state index contributed by atoms with van der Waals surface area (Å²) < 4.78 is 0. The van der Waals surface area contributed by atoms with E-state index in [2.05, 4.69) is 4.98 Å². The van der Waals surface area contributed by atoms with E-state index in [1.165, 1.54) is 0 Å². The first-order valence-corrected chi connectivity index (χ1v) is 5.32. The molecule has 2 rings (SSSR count). The lowest BCUT2D eigenvalue weighted by molar-refractivity contribution is -0.129. The molecule has 4 heteroatoms. The first kappa shape index (κ1) is 10.2. The van der Waals surface area contributed by atoms with Crippen molar-refractivity contribution in [1.29, 1.82) is 0 Å². The molecule has 0 radical (unpaired) electrons. The fraction of sp³-hybridized carbons (Fsp3) is 0.545. The van der Waals surface area contributed by atoms with Crippen LogP contribution in [0.2, 0.25) is 0 Å². The molecule has 1 unspecified atom stereocenters. The zero-order chi connectivity index (χ0) is 10.8. The maximum absolute atomic E-state index is 11.8. The zero-order valence-electron chi connectivity index (χ0n) is 8.99. The number of aromatic nitrogens is 1. The average molecular weight is 207 g/mol. The highest BCUT2D eigenvalue weighted by atomic mass is 16.2. The number of rotatable bonds is 2. The van der Waals surface area contributed by atoms with Crippen LogP contribution in [0.25, 0.3) is 0 Å². The lowest BCUT2D eigenvalue weighted by atomic mass is 10.2. The second-order valence-electron chi connectivity index (χ2n) is 4.26. The van der Waals surface area contributed by atoms with Gasteiger partial charge in [0.1, 0.15) is 0 Å². The zero-order valence-corrected chi connectivity index (χ0v) is 8.99. The van der Waals surface area contributed by atoms with Gasteiger partial charge in [0.15, 0.2) is 0 Å². The molecule has 1 aromatic heterocycles. The van der Waals surface area contributed by atoms with Crippen LogP contribution in [0.1, 0.15) is 17.7 Å². The fourth-order valence-electron chi connectivity index (χ4n) is 1.97. The number of hydrogen-bond acceptors (Lipinski definition) is 2. The normalized spacial score (nSPS) is 20.9. The largest absolute Gasteiger partial charge is 0.365 e. The number of aryl methyl sites for hydroxylation is 1. The van der Waals surface area contributed by atoms with E-state index >= 15 is 0 Å². The van der Waals surface area contributed by atoms with Crippen molar-refractivity contribution in [3.8, 4) is 0 Å². The number of amides is 1. The number of H-pyrrole nitrogens is 1. The Labute approximate surface area is 89.5 Å². The maximum Gasteiger partial charge on any atom is 0.227 e. The van der Waals surface area contributed by atoms with Crippen LogP contribution in [-0.4, -0.2) is 34.9 Å². The van der Waals surface area contributed by atoms with Crippen LogP contribution in [0.4, 0.5) is 0 Å². The minimum atomic E-state index is 0.168. The van der Waals surface area contributed by atoms with Crippen molar-refractivity contribution in [2.24, 2.45) is 5.73 Å². The van der Waals surface area contributed by atoms with Crippen molar-refractivity contribution in [3.05, 3.63) is 23.5 Å². The molecule has 1 aliphatic heterocycles. The minimum Gasteiger partial charge on any atom is -0.365 e. The van der Waals surface area contributed by atoms with Gasteiger partial charge in [0.2, 0.25) is 5.91 Å². The molecule has 1 aromatic rings. The third-order valence-corrected chi connectivity index (χ3v) is 2.82. The Hall–Kier alpha value is -1.29. The summed E-state index contributed by atoms with van der Waals surface area (Å²) in [7, 11) is 0. The van der Waals surface area contributed by atoms with E-state index in [-0.39, 0.29) is 11.9 Å². The van der Waals surface area contributed by atoms with Gasteiger partial charge in [-0.15, -0.1) is 0 Å². The topological polar surface area (TPSA) is 62.1 Å². The standard InChI is InChI=1S/C11H17N3O/c1-8-4-9(6-13-8)5-11(15)14-3-2-10(12)7-14/h4,6,10,13H,2-3,5,7,12H2,1H3. The second kappa shape index (κ2) is 4.06. The number of nitrogens with zero attached hydrogens (tertiary/aromatic N) is 1. The van der Waals surface area contributed by atoms with E-state index in [9.17, 15) is 4.79 Å². The van der Waals surface area contributed by atoms with Crippen LogP contribution >= 0.6 is 0 Å². The van der Waals surface area contributed by atoms with E-state index in [0.717, 1.165) is 24.2 Å². The predicted molar refractivity (Wildman–Crippen MR) is 58.4 cm³/mol. The molecule has 0 aliphatic carbocycles. The van der Waals surface area contributed by atoms with E-state index in [1.54, 1.807) is 0 Å². The van der Waals surface area contributed by atoms with Crippen LogP contribution in [0.15, 0.2) is 12.3 Å². The SMILES string of the molecule is Cc1cc(CC(=O)N2CCC(N)C2)c[nH]1. The lowest BCUT2D eigenvalue weighted by Crippen LogP contribution is -2.32. The fourth-order valence-corrected chi connectivity index (χ4v) is 1.97. The summed E-state index contributed by atoms with van der Waals surface area (Å²) in [5, 5.41) is 0. The highest BCUT2D eigenvalue weighted by Gasteiger charge is 2.23. The molecule has 0 spiro atoms. The number of likely N-dealkylation sites (tertiary alicyclic amines) is 1. The Morgan fingerprint density at radius 1 is 1.73 bits per heavy atom. The summed E-state index contributed by atoms with van der Waals surface area (Å²) in [6.45, 7) is 3.51. The van der Waals surface area contributed by atoms with Gasteiger partial charge in [-0.2, -0.15) is 0 Å². The van der Waals surface area contributed by atoms with Gasteiger partial charge in [-0.1, -0.05) is 0 Å². The van der Waals surface area contributed by atoms with Crippen molar-refractivity contribution in [3.63, 3.8) is 0 Å². The summed E-state index contributed by atoms with van der Waals surface area (Å²) >= 11 is 0. The third kappa shape index (κ3) is 2.39. The van der Waals surface area contributed by atoms with Crippen LogP contribution in [-0.2, 0) is 11.2 Å². The van der Waals surface area contributed by atoms with Crippen molar-refractivity contribution >= 4 is 5.91 Å². The molecule has 4 nitrogen and oxygen atoms in total. The Morgan fingerprint density at radius 2 is 2.53 bits per heavy atom. The van der Waals surface area contributed by atoms with Gasteiger partial charge in [-0.3, -0.25) is 4.79 Å². The first-order chi connectivity index (χ1) is 7.15. The molecular formula is C11H17N3O. The Balaban J connectivity index is 1.92. The second-order valence-corrected chi connectivity index (χ2v) is 4.26. The van der Waals surface area contributed by atoms with Gasteiger partial charge in [0, 0.05) is 31.0 Å². The van der Waals surface area contributed by atoms with E-state index in [4.69, 9.17) is 5.73 Å². The quantitative estimate of drug-likeness (QED) is 0.738. The smallest absolute Gasteiger partial charge is 0.227 e. The monoisotopic (exact) mass is 207 g/mol. The molecule has 0 saturated carbocycles. The molecule has 0 bridgehead atoms. The van der Waals surface area contributed by atoms with Gasteiger partial charge >= 0.3 is 0 Å². The van der Waals surface area contributed by atoms with Gasteiger partial charge in [-0.05, 0) is 25.0 Å². The van der Waals surface area contributed by atoms with E-state index in [0.29, 0.717) is 13.0 Å². The number of carbonyl (C=O) groups excluding carboxylic acids is 1. The molecule has 1 atom stereocenters. The number of nitrogens with two attached hydrogens (primary N) is 1. The van der Waals surface area contributed by atoms with Crippen LogP contribution in [0, 0.1) is 6.92 Å². The maximum atomic E-state index is 11.8. The summed E-state index contributed by atoms with van der Waals surface area (Å²) in [5.41, 5.74) is 7.91. The molecule has 3 N–H and O–H groups in total. The average Bonchev–Trinajstić information content (AvgIpc) is 2.75. The molecular weight excluding hydrogens is 190 g/mol. The molecule has 82 valence electrons. The van der Waals surface area contributed by atoms with Crippen LogP contribution < -0.4 is 5.73 Å². The van der Waals surface area contributed by atoms with Crippen molar-refractivity contribution in [2.45, 2.75) is 25.8 Å². The van der Waals surface area contributed by atoms with Gasteiger partial charge in [0.25, 0.3) is 0 Å². The van der Waals surface area contributed by atoms with Gasteiger partial charge in [0.05, 0.1) is 6.42 Å². The molecule has 1 amide bonds. The summed E-state index contributed by atoms with van der Waals surface area (Å²) in [6, 6.07) is 2.18. The number of carbonyl (C=O) groups is 1. The third-order valence-electron chi connectivity index (χ3n) is 2.82. The molecule has 1 aliphatic rings. The van der Waals surface area contributed by atoms with Crippen molar-refractivity contribution < 1.29 is 4.79 Å². The number of aromatic amines is 1. The first-order valence-electron chi connectivity index (χ1n) is 5.32. The number of nitrogens with one attached hydrogen (secondary N) is 1. The van der Waals surface area contributed by atoms with Crippen molar-refractivity contribution in [2.75, 3.05) is 13.1 Å². The molecule has 1 saturated heterocycles. The molecule has 2 heterocycles. The highest BCUT2D eigenvalue weighted by molar-refractivity contribution is 5.79. The molecule has 15 heavy (non-hydrogen) atoms. The van der Waals surface area contributed by atoms with Crippen LogP contribution in [0.5, 0.6) is 0 Å². The highest BCUT2D eigenvalue weighted by Crippen LogP contribution is 2.10. The van der Waals surface area contributed by atoms with Gasteiger partial charge in [-0.25, -0.2) is 0 Å². The summed E-state index contributed by atoms with van der Waals surface area (Å²) in [5.74, 6) is 0.182. The summed E-state index contributed by atoms with van der Waals surface area (Å²) in [4.78, 5) is 16.8. The lowest BCUT2D eigenvalue weighted by Gasteiger charge is -2.14. The molecule has 0 aromatic carbocycles.